The molecule has 1 aromatic heterocycles. The normalized spacial score (nSPS) is 9.87. The van der Waals surface area contributed by atoms with Gasteiger partial charge in [-0.25, -0.2) is 0 Å². The highest BCUT2D eigenvalue weighted by molar-refractivity contribution is 6.30. The summed E-state index contributed by atoms with van der Waals surface area (Å²) in [6.07, 6.45) is 0.348. The van der Waals surface area contributed by atoms with Crippen molar-refractivity contribution in [1.82, 2.24) is 10.2 Å². The van der Waals surface area contributed by atoms with Gasteiger partial charge in [0.1, 0.15) is 0 Å². The van der Waals surface area contributed by atoms with Crippen molar-refractivity contribution < 1.29 is 0 Å². The topological polar surface area (TPSA) is 52.5 Å². The first-order valence-corrected chi connectivity index (χ1v) is 4.84. The third-order valence-electron chi connectivity index (χ3n) is 2.04. The maximum absolute atomic E-state index is 8.52. The first-order chi connectivity index (χ1) is 7.29. The van der Waals surface area contributed by atoms with E-state index in [1.807, 2.05) is 30.3 Å². The van der Waals surface area contributed by atoms with Crippen LogP contribution >= 0.6 is 11.6 Å². The Morgan fingerprint density at radius 2 is 2.07 bits per heavy atom. The van der Waals surface area contributed by atoms with Gasteiger partial charge in [0.2, 0.25) is 0 Å². The fourth-order valence-electron chi connectivity index (χ4n) is 1.31. The summed E-state index contributed by atoms with van der Waals surface area (Å²) in [5.41, 5.74) is 2.64. The van der Waals surface area contributed by atoms with Gasteiger partial charge in [0, 0.05) is 16.3 Å². The Balaban J connectivity index is 2.30. The van der Waals surface area contributed by atoms with E-state index in [9.17, 15) is 0 Å². The quantitative estimate of drug-likeness (QED) is 0.841. The lowest BCUT2D eigenvalue weighted by Crippen LogP contribution is -1.78. The second-order valence-corrected chi connectivity index (χ2v) is 3.56. The smallest absolute Gasteiger partial charge is 0.0923 e. The number of hydrogen-bond acceptors (Lipinski definition) is 2. The van der Waals surface area contributed by atoms with Gasteiger partial charge in [0.05, 0.1) is 18.2 Å². The summed E-state index contributed by atoms with van der Waals surface area (Å²) in [5.74, 6) is 0. The molecular weight excluding hydrogens is 210 g/mol. The van der Waals surface area contributed by atoms with Crippen LogP contribution in [0.15, 0.2) is 30.3 Å². The van der Waals surface area contributed by atoms with Gasteiger partial charge in [-0.05, 0) is 18.2 Å². The number of nitrogens with one attached hydrogen (secondary N) is 1. The van der Waals surface area contributed by atoms with Gasteiger partial charge in [-0.15, -0.1) is 0 Å². The van der Waals surface area contributed by atoms with Crippen molar-refractivity contribution in [1.29, 1.82) is 5.26 Å². The van der Waals surface area contributed by atoms with Crippen LogP contribution in [-0.2, 0) is 6.42 Å². The molecule has 4 heteroatoms. The van der Waals surface area contributed by atoms with E-state index in [4.69, 9.17) is 16.9 Å². The second kappa shape index (κ2) is 4.16. The van der Waals surface area contributed by atoms with Crippen LogP contribution in [0.3, 0.4) is 0 Å². The molecule has 0 radical (unpaired) electrons. The fourth-order valence-corrected chi connectivity index (χ4v) is 1.43. The summed E-state index contributed by atoms with van der Waals surface area (Å²) in [6, 6.07) is 11.4. The first kappa shape index (κ1) is 9.75. The number of H-pyrrole nitrogens is 1. The molecule has 0 saturated heterocycles. The number of nitriles is 1. The molecular formula is C11H8ClN3. The third kappa shape index (κ3) is 2.17. The monoisotopic (exact) mass is 217 g/mol. The minimum absolute atomic E-state index is 0.348. The van der Waals surface area contributed by atoms with E-state index in [0.717, 1.165) is 17.0 Å². The third-order valence-corrected chi connectivity index (χ3v) is 2.29. The Morgan fingerprint density at radius 1 is 1.33 bits per heavy atom. The van der Waals surface area contributed by atoms with Crippen molar-refractivity contribution in [2.45, 2.75) is 6.42 Å². The highest BCUT2D eigenvalue weighted by atomic mass is 35.5. The molecule has 0 fully saturated rings. The van der Waals surface area contributed by atoms with Crippen LogP contribution in [0.1, 0.15) is 5.69 Å². The Kier molecular flexibility index (Phi) is 2.70. The lowest BCUT2D eigenvalue weighted by atomic mass is 10.1. The molecule has 3 nitrogen and oxygen atoms in total. The largest absolute Gasteiger partial charge is 0.281 e. The zero-order valence-electron chi connectivity index (χ0n) is 7.87. The number of halogens is 1. The van der Waals surface area contributed by atoms with Gasteiger partial charge in [-0.3, -0.25) is 5.10 Å². The molecule has 1 aromatic carbocycles. The van der Waals surface area contributed by atoms with Crippen molar-refractivity contribution in [3.05, 3.63) is 41.0 Å². The summed E-state index contributed by atoms with van der Waals surface area (Å²) >= 11 is 5.78. The molecule has 2 rings (SSSR count). The van der Waals surface area contributed by atoms with E-state index in [0.29, 0.717) is 11.4 Å². The van der Waals surface area contributed by atoms with Crippen LogP contribution < -0.4 is 0 Å². The van der Waals surface area contributed by atoms with Crippen LogP contribution in [0.25, 0.3) is 11.3 Å². The number of benzene rings is 1. The van der Waals surface area contributed by atoms with E-state index in [-0.39, 0.29) is 0 Å². The van der Waals surface area contributed by atoms with Crippen molar-refractivity contribution in [3.63, 3.8) is 0 Å². The predicted octanol–water partition coefficient (Wildman–Crippen LogP) is 2.80. The molecule has 15 heavy (non-hydrogen) atoms. The molecule has 0 atom stereocenters. The summed E-state index contributed by atoms with van der Waals surface area (Å²) < 4.78 is 0. The number of nitrogens with zero attached hydrogens (tertiary/aromatic N) is 2. The average Bonchev–Trinajstić information content (AvgIpc) is 2.68. The van der Waals surface area contributed by atoms with Gasteiger partial charge < -0.3 is 0 Å². The summed E-state index contributed by atoms with van der Waals surface area (Å²) in [7, 11) is 0. The summed E-state index contributed by atoms with van der Waals surface area (Å²) in [5, 5.41) is 16.2. The summed E-state index contributed by atoms with van der Waals surface area (Å²) in [4.78, 5) is 0. The Bertz CT molecular complexity index is 493. The van der Waals surface area contributed by atoms with Crippen molar-refractivity contribution >= 4 is 11.6 Å². The predicted molar refractivity (Wildman–Crippen MR) is 58.4 cm³/mol. The minimum atomic E-state index is 0.348. The molecule has 0 aliphatic heterocycles. The number of aromatic nitrogens is 2. The van der Waals surface area contributed by atoms with E-state index >= 15 is 0 Å². The number of hydrogen-bond donors (Lipinski definition) is 1. The van der Waals surface area contributed by atoms with Crippen molar-refractivity contribution in [3.8, 4) is 17.3 Å². The second-order valence-electron chi connectivity index (χ2n) is 3.12. The highest BCUT2D eigenvalue weighted by Crippen LogP contribution is 2.20. The Morgan fingerprint density at radius 3 is 2.73 bits per heavy atom. The Labute approximate surface area is 92.3 Å². The van der Waals surface area contributed by atoms with E-state index in [1.165, 1.54) is 0 Å². The highest BCUT2D eigenvalue weighted by Gasteiger charge is 2.02. The molecule has 0 aliphatic carbocycles. The molecule has 0 aliphatic rings. The number of rotatable bonds is 2. The first-order valence-electron chi connectivity index (χ1n) is 4.47. The van der Waals surface area contributed by atoms with Crippen LogP contribution in [0.4, 0.5) is 0 Å². The molecule has 0 unspecified atom stereocenters. The van der Waals surface area contributed by atoms with Gasteiger partial charge in [0.15, 0.2) is 0 Å². The van der Waals surface area contributed by atoms with Crippen LogP contribution in [-0.4, -0.2) is 10.2 Å². The maximum Gasteiger partial charge on any atom is 0.0923 e. The van der Waals surface area contributed by atoms with Gasteiger partial charge in [0.25, 0.3) is 0 Å². The van der Waals surface area contributed by atoms with E-state index in [2.05, 4.69) is 16.3 Å². The minimum Gasteiger partial charge on any atom is -0.281 e. The van der Waals surface area contributed by atoms with Gasteiger partial charge >= 0.3 is 0 Å². The van der Waals surface area contributed by atoms with Crippen LogP contribution in [0.2, 0.25) is 5.02 Å². The lowest BCUT2D eigenvalue weighted by Gasteiger charge is -1.94. The van der Waals surface area contributed by atoms with Gasteiger partial charge in [-0.1, -0.05) is 23.7 Å². The van der Waals surface area contributed by atoms with Crippen molar-refractivity contribution in [2.24, 2.45) is 0 Å². The zero-order chi connectivity index (χ0) is 10.7. The SMILES string of the molecule is N#CCc1cc(-c2ccc(Cl)cc2)n[nH]1. The molecule has 1 N–H and O–H groups in total. The lowest BCUT2D eigenvalue weighted by molar-refractivity contribution is 1.02. The molecule has 0 spiro atoms. The molecule has 0 bridgehead atoms. The zero-order valence-corrected chi connectivity index (χ0v) is 8.62. The summed E-state index contributed by atoms with van der Waals surface area (Å²) in [6.45, 7) is 0. The van der Waals surface area contributed by atoms with E-state index in [1.54, 1.807) is 0 Å². The van der Waals surface area contributed by atoms with Crippen LogP contribution in [0.5, 0.6) is 0 Å². The van der Waals surface area contributed by atoms with Crippen LogP contribution in [0, 0.1) is 11.3 Å². The fraction of sp³-hybridized carbons (Fsp3) is 0.0909. The molecule has 74 valence electrons. The number of aromatic amines is 1. The maximum atomic E-state index is 8.52. The standard InChI is InChI=1S/C11H8ClN3/c12-9-3-1-8(2-4-9)11-7-10(5-6-13)14-15-11/h1-4,7H,5H2,(H,14,15). The van der Waals surface area contributed by atoms with E-state index < -0.39 is 0 Å². The van der Waals surface area contributed by atoms with Gasteiger partial charge in [-0.2, -0.15) is 10.4 Å². The molecule has 2 aromatic rings. The van der Waals surface area contributed by atoms with Crippen molar-refractivity contribution in [2.75, 3.05) is 0 Å². The molecule has 0 amide bonds. The molecule has 1 heterocycles. The molecule has 0 saturated carbocycles. The average molecular weight is 218 g/mol. The Hall–Kier alpha value is -1.79.